The monoisotopic (exact) mass is 287 g/mol. The molecule has 7 nitrogen and oxygen atoms in total. The maximum atomic E-state index is 12.5. The van der Waals surface area contributed by atoms with Gasteiger partial charge in [-0.25, -0.2) is 4.79 Å². The second-order valence-corrected chi connectivity index (χ2v) is 5.20. The maximum absolute atomic E-state index is 12.5. The van der Waals surface area contributed by atoms with Gasteiger partial charge in [0.15, 0.2) is 11.2 Å². The molecule has 3 rings (SSSR count). The molecule has 110 valence electrons. The molecule has 0 N–H and O–H groups in total. The van der Waals surface area contributed by atoms with Crippen LogP contribution in [0.4, 0.5) is 0 Å². The fourth-order valence-electron chi connectivity index (χ4n) is 2.74. The Balaban J connectivity index is 2.67. The summed E-state index contributed by atoms with van der Waals surface area (Å²) in [7, 11) is 3.10. The highest BCUT2D eigenvalue weighted by atomic mass is 16.2. The Morgan fingerprint density at radius 2 is 1.81 bits per heavy atom. The van der Waals surface area contributed by atoms with Gasteiger partial charge in [-0.05, 0) is 13.8 Å². The van der Waals surface area contributed by atoms with Crippen molar-refractivity contribution in [2.24, 2.45) is 14.1 Å². The van der Waals surface area contributed by atoms with E-state index < -0.39 is 0 Å². The third-order valence-electron chi connectivity index (χ3n) is 4.06. The molecule has 3 aromatic heterocycles. The number of aryl methyl sites for hydroxylation is 2. The van der Waals surface area contributed by atoms with E-state index in [9.17, 15) is 9.59 Å². The largest absolute Gasteiger partial charge is 0.332 e. The van der Waals surface area contributed by atoms with E-state index in [0.29, 0.717) is 23.5 Å². The predicted molar refractivity (Wildman–Crippen MR) is 80.8 cm³/mol. The summed E-state index contributed by atoms with van der Waals surface area (Å²) >= 11 is 0. The van der Waals surface area contributed by atoms with Crippen LogP contribution >= 0.6 is 0 Å². The van der Waals surface area contributed by atoms with Crippen LogP contribution in [0, 0.1) is 13.8 Å². The van der Waals surface area contributed by atoms with Crippen molar-refractivity contribution in [2.45, 2.75) is 20.4 Å². The summed E-state index contributed by atoms with van der Waals surface area (Å²) in [6, 6.07) is 0. The molecule has 0 saturated heterocycles. The normalized spacial score (nSPS) is 11.6. The number of imidazole rings is 2. The summed E-state index contributed by atoms with van der Waals surface area (Å²) < 4.78 is 6.30. The first-order chi connectivity index (χ1) is 9.90. The molecule has 21 heavy (non-hydrogen) atoms. The van der Waals surface area contributed by atoms with Gasteiger partial charge in [0, 0.05) is 32.0 Å². The third kappa shape index (κ3) is 1.51. The van der Waals surface area contributed by atoms with Crippen LogP contribution in [0.15, 0.2) is 22.2 Å². The molecule has 3 heterocycles. The molecular formula is C14H17N5O2. The van der Waals surface area contributed by atoms with Gasteiger partial charge in [-0.2, -0.15) is 4.98 Å². The second-order valence-electron chi connectivity index (χ2n) is 5.20. The molecular weight excluding hydrogens is 270 g/mol. The number of aromatic nitrogens is 5. The Bertz CT molecular complexity index is 1010. The van der Waals surface area contributed by atoms with Crippen molar-refractivity contribution in [3.05, 3.63) is 44.9 Å². The summed E-state index contributed by atoms with van der Waals surface area (Å²) in [6.07, 6.45) is 1.78. The van der Waals surface area contributed by atoms with Gasteiger partial charge in [-0.15, -0.1) is 6.58 Å². The van der Waals surface area contributed by atoms with Crippen LogP contribution in [-0.2, 0) is 20.6 Å². The smallest absolute Gasteiger partial charge is 0.310 e. The lowest BCUT2D eigenvalue weighted by molar-refractivity contribution is 0.707. The topological polar surface area (TPSA) is 66.2 Å². The lowest BCUT2D eigenvalue weighted by Gasteiger charge is -2.04. The summed E-state index contributed by atoms with van der Waals surface area (Å²) in [6.45, 7) is 8.27. The van der Waals surface area contributed by atoms with E-state index >= 15 is 0 Å². The Labute approximate surface area is 120 Å². The van der Waals surface area contributed by atoms with Gasteiger partial charge in [0.1, 0.15) is 0 Å². The summed E-state index contributed by atoms with van der Waals surface area (Å²) in [5.74, 6) is 0.651. The fourth-order valence-corrected chi connectivity index (χ4v) is 2.74. The highest BCUT2D eigenvalue weighted by molar-refractivity contribution is 5.76. The second kappa shape index (κ2) is 4.21. The molecule has 0 spiro atoms. The van der Waals surface area contributed by atoms with Crippen molar-refractivity contribution in [3.63, 3.8) is 0 Å². The van der Waals surface area contributed by atoms with Gasteiger partial charge in [0.25, 0.3) is 5.56 Å². The number of fused-ring (bicyclic) bond motifs is 3. The van der Waals surface area contributed by atoms with Gasteiger partial charge >= 0.3 is 5.69 Å². The van der Waals surface area contributed by atoms with Gasteiger partial charge in [-0.3, -0.25) is 18.3 Å². The van der Waals surface area contributed by atoms with Gasteiger partial charge in [-0.1, -0.05) is 6.08 Å². The zero-order valence-corrected chi connectivity index (χ0v) is 12.5. The molecule has 3 aromatic rings. The Hall–Kier alpha value is -2.57. The van der Waals surface area contributed by atoms with Crippen LogP contribution in [0.3, 0.4) is 0 Å². The van der Waals surface area contributed by atoms with E-state index in [4.69, 9.17) is 0 Å². The molecule has 0 bridgehead atoms. The van der Waals surface area contributed by atoms with E-state index in [1.807, 2.05) is 22.8 Å². The van der Waals surface area contributed by atoms with E-state index in [-0.39, 0.29) is 11.2 Å². The molecule has 0 aliphatic heterocycles. The predicted octanol–water partition coefficient (Wildman–Crippen LogP) is 0.489. The van der Waals surface area contributed by atoms with Crippen LogP contribution in [-0.4, -0.2) is 23.1 Å². The van der Waals surface area contributed by atoms with Crippen LogP contribution in [0.2, 0.25) is 0 Å². The molecule has 7 heteroatoms. The molecule has 0 amide bonds. The highest BCUT2D eigenvalue weighted by Gasteiger charge is 2.20. The molecule has 0 aliphatic carbocycles. The summed E-state index contributed by atoms with van der Waals surface area (Å²) in [5, 5.41) is 0. The van der Waals surface area contributed by atoms with Crippen LogP contribution in [0.25, 0.3) is 16.9 Å². The minimum atomic E-state index is -0.377. The first kappa shape index (κ1) is 13.4. The van der Waals surface area contributed by atoms with E-state index in [2.05, 4.69) is 11.6 Å². The molecule has 0 saturated carbocycles. The minimum Gasteiger partial charge on any atom is -0.310 e. The zero-order chi connectivity index (χ0) is 15.5. The van der Waals surface area contributed by atoms with Crippen molar-refractivity contribution in [3.8, 4) is 0 Å². The lowest BCUT2D eigenvalue weighted by atomic mass is 10.3. The SMILES string of the molecule is C=CCn1c(C)c(C)n2c3c(=O)n(C)c(=O)n(C)c3nc12. The zero-order valence-electron chi connectivity index (χ0n) is 12.5. The van der Waals surface area contributed by atoms with Crippen molar-refractivity contribution >= 4 is 16.9 Å². The number of allylic oxidation sites excluding steroid dienone is 1. The van der Waals surface area contributed by atoms with E-state index in [1.165, 1.54) is 11.6 Å². The van der Waals surface area contributed by atoms with Gasteiger partial charge < -0.3 is 4.57 Å². The van der Waals surface area contributed by atoms with Crippen molar-refractivity contribution < 1.29 is 0 Å². The van der Waals surface area contributed by atoms with Gasteiger partial charge in [0.2, 0.25) is 5.78 Å². The molecule has 0 atom stereocenters. The number of rotatable bonds is 2. The fraction of sp³-hybridized carbons (Fsp3) is 0.357. The quantitative estimate of drug-likeness (QED) is 0.644. The first-order valence-corrected chi connectivity index (χ1v) is 6.65. The summed E-state index contributed by atoms with van der Waals surface area (Å²) in [5.41, 5.74) is 2.08. The molecule has 0 radical (unpaired) electrons. The average Bonchev–Trinajstić information content (AvgIpc) is 2.95. The summed E-state index contributed by atoms with van der Waals surface area (Å²) in [4.78, 5) is 29.0. The van der Waals surface area contributed by atoms with Gasteiger partial charge in [0.05, 0.1) is 0 Å². The third-order valence-corrected chi connectivity index (χ3v) is 4.06. The Kier molecular flexibility index (Phi) is 2.69. The standard InChI is InChI=1S/C14H17N5O2/c1-6-7-18-8(2)9(3)19-10-11(15-13(18)19)16(4)14(21)17(5)12(10)20/h6H,1,7H2,2-5H3. The molecule has 0 aliphatic rings. The number of nitrogens with zero attached hydrogens (tertiary/aromatic N) is 5. The molecule has 0 unspecified atom stereocenters. The highest BCUT2D eigenvalue weighted by Crippen LogP contribution is 2.20. The lowest BCUT2D eigenvalue weighted by Crippen LogP contribution is -2.37. The van der Waals surface area contributed by atoms with Crippen molar-refractivity contribution in [1.29, 1.82) is 0 Å². The van der Waals surface area contributed by atoms with Crippen LogP contribution < -0.4 is 11.2 Å². The maximum Gasteiger partial charge on any atom is 0.332 e. The van der Waals surface area contributed by atoms with E-state index in [1.54, 1.807) is 13.1 Å². The Morgan fingerprint density at radius 1 is 1.14 bits per heavy atom. The van der Waals surface area contributed by atoms with Crippen LogP contribution in [0.5, 0.6) is 0 Å². The first-order valence-electron chi connectivity index (χ1n) is 6.65. The van der Waals surface area contributed by atoms with Crippen molar-refractivity contribution in [2.75, 3.05) is 0 Å². The number of hydrogen-bond donors (Lipinski definition) is 0. The van der Waals surface area contributed by atoms with Crippen LogP contribution in [0.1, 0.15) is 11.4 Å². The Morgan fingerprint density at radius 3 is 2.43 bits per heavy atom. The average molecular weight is 287 g/mol. The number of hydrogen-bond acceptors (Lipinski definition) is 3. The molecule has 0 fully saturated rings. The molecule has 0 aromatic carbocycles. The van der Waals surface area contributed by atoms with Crippen molar-refractivity contribution in [1.82, 2.24) is 23.1 Å². The minimum absolute atomic E-state index is 0.334. The van der Waals surface area contributed by atoms with E-state index in [0.717, 1.165) is 16.0 Å².